The highest BCUT2D eigenvalue weighted by Gasteiger charge is 2.26. The van der Waals surface area contributed by atoms with Crippen LogP contribution in [0, 0.1) is 5.92 Å². The van der Waals surface area contributed by atoms with Gasteiger partial charge in [-0.15, -0.1) is 6.58 Å². The van der Waals surface area contributed by atoms with Gasteiger partial charge in [-0.2, -0.15) is 0 Å². The third-order valence-electron chi connectivity index (χ3n) is 3.91. The Bertz CT molecular complexity index is 369. The molecule has 0 radical (unpaired) electrons. The molecule has 0 aliphatic rings. The van der Waals surface area contributed by atoms with Crippen LogP contribution < -0.4 is 5.32 Å². The van der Waals surface area contributed by atoms with Crippen molar-refractivity contribution in [1.29, 1.82) is 0 Å². The van der Waals surface area contributed by atoms with Gasteiger partial charge in [-0.05, 0) is 31.4 Å². The normalized spacial score (nSPS) is 15.8. The average molecular weight is 259 g/mol. The topological polar surface area (TPSA) is 12.0 Å². The Hall–Kier alpha value is -1.08. The number of hydrogen-bond donors (Lipinski definition) is 1. The van der Waals surface area contributed by atoms with Crippen molar-refractivity contribution in [2.24, 2.45) is 5.92 Å². The van der Waals surface area contributed by atoms with E-state index in [4.69, 9.17) is 0 Å². The van der Waals surface area contributed by atoms with Crippen LogP contribution in [0.2, 0.25) is 0 Å². The van der Waals surface area contributed by atoms with Gasteiger partial charge >= 0.3 is 0 Å². The first-order valence-corrected chi connectivity index (χ1v) is 7.52. The van der Waals surface area contributed by atoms with Crippen LogP contribution in [0.15, 0.2) is 42.5 Å². The fourth-order valence-corrected chi connectivity index (χ4v) is 2.85. The Kier molecular flexibility index (Phi) is 6.86. The molecule has 1 aromatic carbocycles. The van der Waals surface area contributed by atoms with Gasteiger partial charge in [-0.1, -0.05) is 63.1 Å². The van der Waals surface area contributed by atoms with Crippen LogP contribution in [0.3, 0.4) is 0 Å². The van der Waals surface area contributed by atoms with E-state index < -0.39 is 0 Å². The molecule has 1 rings (SSSR count). The Morgan fingerprint density at radius 1 is 1.21 bits per heavy atom. The Balaban J connectivity index is 3.02. The zero-order valence-electron chi connectivity index (χ0n) is 12.9. The molecule has 0 aliphatic heterocycles. The van der Waals surface area contributed by atoms with E-state index in [1.165, 1.54) is 17.6 Å². The molecule has 0 bridgehead atoms. The molecule has 0 amide bonds. The molecule has 0 heterocycles. The van der Waals surface area contributed by atoms with Crippen molar-refractivity contribution in [3.05, 3.63) is 48.0 Å². The van der Waals surface area contributed by atoms with Crippen molar-refractivity contribution in [3.8, 4) is 0 Å². The number of benzene rings is 1. The predicted molar refractivity (Wildman–Crippen MR) is 85.5 cm³/mol. The summed E-state index contributed by atoms with van der Waals surface area (Å²) >= 11 is 0. The Morgan fingerprint density at radius 3 is 2.32 bits per heavy atom. The van der Waals surface area contributed by atoms with Gasteiger partial charge in [0, 0.05) is 12.0 Å². The summed E-state index contributed by atoms with van der Waals surface area (Å²) in [4.78, 5) is 0. The van der Waals surface area contributed by atoms with Crippen LogP contribution in [-0.2, 0) is 0 Å². The number of likely N-dealkylation sites (N-methyl/N-ethyl adjacent to an activating group) is 1. The number of hydrogen-bond acceptors (Lipinski definition) is 1. The number of nitrogens with one attached hydrogen (secondary N) is 1. The van der Waals surface area contributed by atoms with Crippen molar-refractivity contribution in [2.75, 3.05) is 6.54 Å². The maximum Gasteiger partial charge on any atom is 0.0175 e. The molecule has 3 atom stereocenters. The van der Waals surface area contributed by atoms with E-state index in [0.29, 0.717) is 17.9 Å². The quantitative estimate of drug-likeness (QED) is 0.664. The largest absolute Gasteiger partial charge is 0.313 e. The van der Waals surface area contributed by atoms with E-state index in [0.717, 1.165) is 13.0 Å². The molecule has 1 aromatic rings. The van der Waals surface area contributed by atoms with E-state index in [9.17, 15) is 0 Å². The van der Waals surface area contributed by atoms with Gasteiger partial charge < -0.3 is 5.32 Å². The van der Waals surface area contributed by atoms with Crippen molar-refractivity contribution in [2.45, 2.75) is 52.5 Å². The van der Waals surface area contributed by atoms with Crippen LogP contribution in [0.5, 0.6) is 0 Å². The van der Waals surface area contributed by atoms with Crippen LogP contribution in [-0.4, -0.2) is 12.6 Å². The molecular weight excluding hydrogens is 230 g/mol. The van der Waals surface area contributed by atoms with E-state index >= 15 is 0 Å². The van der Waals surface area contributed by atoms with Crippen molar-refractivity contribution in [3.63, 3.8) is 0 Å². The predicted octanol–water partition coefficient (Wildman–Crippen LogP) is 4.76. The van der Waals surface area contributed by atoms with Crippen LogP contribution in [0.1, 0.15) is 52.0 Å². The fraction of sp³-hybridized carbons (Fsp3) is 0.556. The first kappa shape index (κ1) is 16.0. The van der Waals surface area contributed by atoms with Gasteiger partial charge in [-0.25, -0.2) is 0 Å². The van der Waals surface area contributed by atoms with Gasteiger partial charge in [0.25, 0.3) is 0 Å². The van der Waals surface area contributed by atoms with Crippen LogP contribution >= 0.6 is 0 Å². The lowest BCUT2D eigenvalue weighted by molar-refractivity contribution is 0.336. The summed E-state index contributed by atoms with van der Waals surface area (Å²) in [5, 5.41) is 3.67. The molecular formula is C18H29N. The maximum atomic E-state index is 4.10. The van der Waals surface area contributed by atoms with Crippen LogP contribution in [0.4, 0.5) is 0 Å². The van der Waals surface area contributed by atoms with Crippen molar-refractivity contribution in [1.82, 2.24) is 5.32 Å². The number of rotatable bonds is 8. The minimum absolute atomic E-state index is 0.486. The first-order valence-electron chi connectivity index (χ1n) is 7.52. The third-order valence-corrected chi connectivity index (χ3v) is 3.91. The van der Waals surface area contributed by atoms with Crippen LogP contribution in [0.25, 0.3) is 0 Å². The summed E-state index contributed by atoms with van der Waals surface area (Å²) in [5.74, 6) is 1.23. The lowest BCUT2D eigenvalue weighted by atomic mass is 9.78. The van der Waals surface area contributed by atoms with Gasteiger partial charge in [-0.3, -0.25) is 0 Å². The molecule has 0 saturated carbocycles. The summed E-state index contributed by atoms with van der Waals surface area (Å²) in [7, 11) is 0. The summed E-state index contributed by atoms with van der Waals surface area (Å²) in [6.45, 7) is 14.1. The second-order valence-corrected chi connectivity index (χ2v) is 5.65. The lowest BCUT2D eigenvalue weighted by Gasteiger charge is -2.33. The smallest absolute Gasteiger partial charge is 0.0175 e. The Labute approximate surface area is 119 Å². The molecule has 1 N–H and O–H groups in total. The molecule has 0 aromatic heterocycles. The van der Waals surface area contributed by atoms with E-state index in [1.807, 2.05) is 0 Å². The second kappa shape index (κ2) is 8.16. The monoisotopic (exact) mass is 259 g/mol. The summed E-state index contributed by atoms with van der Waals surface area (Å²) in [6, 6.07) is 11.4. The lowest BCUT2D eigenvalue weighted by Crippen LogP contribution is -2.37. The zero-order chi connectivity index (χ0) is 14.3. The highest BCUT2D eigenvalue weighted by atomic mass is 14.9. The molecule has 0 aliphatic carbocycles. The minimum atomic E-state index is 0.486. The molecule has 3 unspecified atom stereocenters. The summed E-state index contributed by atoms with van der Waals surface area (Å²) in [6.07, 6.45) is 2.26. The standard InChI is InChI=1S/C18H29N/c1-6-15(5)18(16-11-9-8-10-12-16)17(19-7-2)13-14(3)4/h8-12,15,17-19H,3,6-7,13H2,1-2,4-5H3. The molecule has 106 valence electrons. The van der Waals surface area contributed by atoms with Gasteiger partial charge in [0.1, 0.15) is 0 Å². The first-order chi connectivity index (χ1) is 9.10. The molecule has 1 nitrogen and oxygen atoms in total. The average Bonchev–Trinajstić information content (AvgIpc) is 2.39. The van der Waals surface area contributed by atoms with Crippen molar-refractivity contribution >= 4 is 0 Å². The summed E-state index contributed by atoms with van der Waals surface area (Å²) < 4.78 is 0. The van der Waals surface area contributed by atoms with E-state index in [-0.39, 0.29) is 0 Å². The molecule has 0 saturated heterocycles. The van der Waals surface area contributed by atoms with Gasteiger partial charge in [0.15, 0.2) is 0 Å². The van der Waals surface area contributed by atoms with Gasteiger partial charge in [0.2, 0.25) is 0 Å². The highest BCUT2D eigenvalue weighted by Crippen LogP contribution is 2.32. The fourth-order valence-electron chi connectivity index (χ4n) is 2.85. The minimum Gasteiger partial charge on any atom is -0.313 e. The maximum absolute atomic E-state index is 4.10. The molecule has 1 heteroatoms. The van der Waals surface area contributed by atoms with E-state index in [1.54, 1.807) is 0 Å². The molecule has 19 heavy (non-hydrogen) atoms. The van der Waals surface area contributed by atoms with Crippen molar-refractivity contribution < 1.29 is 0 Å². The summed E-state index contributed by atoms with van der Waals surface area (Å²) in [5.41, 5.74) is 2.71. The Morgan fingerprint density at radius 2 is 1.84 bits per heavy atom. The molecule has 0 fully saturated rings. The SMILES string of the molecule is C=C(C)CC(NCC)C(c1ccccc1)C(C)CC. The van der Waals surface area contributed by atoms with E-state index in [2.05, 4.69) is 69.9 Å². The zero-order valence-corrected chi connectivity index (χ0v) is 12.9. The molecule has 0 spiro atoms. The third kappa shape index (κ3) is 4.83. The second-order valence-electron chi connectivity index (χ2n) is 5.65. The highest BCUT2D eigenvalue weighted by molar-refractivity contribution is 5.23. The van der Waals surface area contributed by atoms with Gasteiger partial charge in [0.05, 0.1) is 0 Å².